The van der Waals surface area contributed by atoms with E-state index in [0.717, 1.165) is 5.04 Å². The molecule has 16 heavy (non-hydrogen) atoms. The van der Waals surface area contributed by atoms with Crippen LogP contribution in [0.3, 0.4) is 0 Å². The summed E-state index contributed by atoms with van der Waals surface area (Å²) >= 11 is 1.47. The monoisotopic (exact) mass is 238 g/mol. The Morgan fingerprint density at radius 2 is 2.38 bits per heavy atom. The summed E-state index contributed by atoms with van der Waals surface area (Å²) in [5.74, 6) is 0.663. The fourth-order valence-electron chi connectivity index (χ4n) is 1.49. The number of thioether (sulfide) groups is 1. The van der Waals surface area contributed by atoms with Gasteiger partial charge in [0.25, 0.3) is 5.69 Å². The number of nitro groups is 1. The molecule has 2 rings (SSSR count). The van der Waals surface area contributed by atoms with E-state index in [9.17, 15) is 10.1 Å². The van der Waals surface area contributed by atoms with Gasteiger partial charge in [0.2, 0.25) is 0 Å². The van der Waals surface area contributed by atoms with Crippen LogP contribution in [0.25, 0.3) is 0 Å². The van der Waals surface area contributed by atoms with Gasteiger partial charge in [-0.25, -0.2) is 0 Å². The van der Waals surface area contributed by atoms with Crippen molar-refractivity contribution >= 4 is 22.5 Å². The third-order valence-corrected chi connectivity index (χ3v) is 2.94. The number of hydrogen-bond acceptors (Lipinski definition) is 5. The van der Waals surface area contributed by atoms with E-state index in [1.165, 1.54) is 23.9 Å². The van der Waals surface area contributed by atoms with E-state index in [4.69, 9.17) is 4.74 Å². The topological polar surface area (TPSA) is 64.7 Å². The summed E-state index contributed by atoms with van der Waals surface area (Å²) in [5.41, 5.74) is 0.769. The SMILES string of the molecule is CSC1=NCCOc2ccc([N+](=O)[O-])cc21. The summed E-state index contributed by atoms with van der Waals surface area (Å²) in [6.45, 7) is 1.09. The van der Waals surface area contributed by atoms with Gasteiger partial charge in [-0.1, -0.05) is 0 Å². The summed E-state index contributed by atoms with van der Waals surface area (Å²) < 4.78 is 5.46. The average Bonchev–Trinajstić information content (AvgIpc) is 2.49. The Morgan fingerprint density at radius 1 is 1.56 bits per heavy atom. The van der Waals surface area contributed by atoms with Crippen molar-refractivity contribution in [1.29, 1.82) is 0 Å². The van der Waals surface area contributed by atoms with Crippen LogP contribution in [-0.2, 0) is 0 Å². The first-order chi connectivity index (χ1) is 7.72. The maximum absolute atomic E-state index is 10.7. The normalized spacial score (nSPS) is 14.4. The molecule has 0 aromatic heterocycles. The Balaban J connectivity index is 2.52. The minimum absolute atomic E-state index is 0.0611. The Kier molecular flexibility index (Phi) is 3.09. The van der Waals surface area contributed by atoms with Crippen LogP contribution in [0, 0.1) is 10.1 Å². The standard InChI is InChI=1S/C10H10N2O3S/c1-16-10-8-6-7(12(13)14)2-3-9(8)15-5-4-11-10/h2-3,6H,4-5H2,1H3. The van der Waals surface area contributed by atoms with Gasteiger partial charge in [-0.3, -0.25) is 15.1 Å². The Hall–Kier alpha value is -1.56. The highest BCUT2D eigenvalue weighted by Crippen LogP contribution is 2.29. The number of aliphatic imine (C=N–C) groups is 1. The van der Waals surface area contributed by atoms with Gasteiger partial charge in [0.15, 0.2) is 0 Å². The van der Waals surface area contributed by atoms with Crippen LogP contribution in [0.1, 0.15) is 5.56 Å². The van der Waals surface area contributed by atoms with Gasteiger partial charge in [0.1, 0.15) is 17.4 Å². The molecule has 0 unspecified atom stereocenters. The summed E-state index contributed by atoms with van der Waals surface area (Å²) in [4.78, 5) is 14.6. The molecule has 0 bridgehead atoms. The number of benzene rings is 1. The van der Waals surface area contributed by atoms with Crippen LogP contribution in [0.15, 0.2) is 23.2 Å². The van der Waals surface area contributed by atoms with Crippen LogP contribution in [0.4, 0.5) is 5.69 Å². The van der Waals surface area contributed by atoms with E-state index in [-0.39, 0.29) is 5.69 Å². The maximum atomic E-state index is 10.7. The summed E-state index contributed by atoms with van der Waals surface area (Å²) in [5, 5.41) is 11.5. The number of non-ortho nitro benzene ring substituents is 1. The van der Waals surface area contributed by atoms with Crippen molar-refractivity contribution in [2.45, 2.75) is 0 Å². The maximum Gasteiger partial charge on any atom is 0.270 e. The van der Waals surface area contributed by atoms with Gasteiger partial charge in [-0.05, 0) is 12.3 Å². The lowest BCUT2D eigenvalue weighted by Crippen LogP contribution is -2.00. The van der Waals surface area contributed by atoms with E-state index in [0.29, 0.717) is 24.5 Å². The third-order valence-electron chi connectivity index (χ3n) is 2.20. The van der Waals surface area contributed by atoms with Crippen LogP contribution in [0.5, 0.6) is 5.75 Å². The smallest absolute Gasteiger partial charge is 0.270 e. The van der Waals surface area contributed by atoms with Crippen LogP contribution in [0.2, 0.25) is 0 Å². The molecule has 0 saturated heterocycles. The first-order valence-corrected chi connectivity index (χ1v) is 5.95. The number of hydrogen-bond donors (Lipinski definition) is 0. The molecule has 5 nitrogen and oxygen atoms in total. The fourth-order valence-corrected chi connectivity index (χ4v) is 2.09. The molecule has 1 aromatic rings. The van der Waals surface area contributed by atoms with Crippen LogP contribution >= 0.6 is 11.8 Å². The Morgan fingerprint density at radius 3 is 3.06 bits per heavy atom. The molecular weight excluding hydrogens is 228 g/mol. The molecule has 6 heteroatoms. The Labute approximate surface area is 96.7 Å². The van der Waals surface area contributed by atoms with Crippen molar-refractivity contribution in [3.05, 3.63) is 33.9 Å². The molecule has 1 heterocycles. The van der Waals surface area contributed by atoms with E-state index in [1.807, 2.05) is 6.26 Å². The second-order valence-corrected chi connectivity index (χ2v) is 3.97. The summed E-state index contributed by atoms with van der Waals surface area (Å²) in [6, 6.07) is 4.59. The summed E-state index contributed by atoms with van der Waals surface area (Å²) in [7, 11) is 0. The highest BCUT2D eigenvalue weighted by atomic mass is 32.2. The van der Waals surface area contributed by atoms with Crippen molar-refractivity contribution in [1.82, 2.24) is 0 Å². The zero-order chi connectivity index (χ0) is 11.5. The minimum atomic E-state index is -0.414. The molecule has 0 N–H and O–H groups in total. The lowest BCUT2D eigenvalue weighted by atomic mass is 10.2. The number of nitrogens with zero attached hydrogens (tertiary/aromatic N) is 2. The number of ether oxygens (including phenoxy) is 1. The van der Waals surface area contributed by atoms with Gasteiger partial charge in [-0.15, -0.1) is 11.8 Å². The number of nitro benzene ring substituents is 1. The van der Waals surface area contributed by atoms with E-state index >= 15 is 0 Å². The molecular formula is C10H10N2O3S. The van der Waals surface area contributed by atoms with E-state index in [1.54, 1.807) is 6.07 Å². The predicted molar refractivity (Wildman–Crippen MR) is 63.5 cm³/mol. The van der Waals surface area contributed by atoms with Crippen molar-refractivity contribution in [3.8, 4) is 5.75 Å². The quantitative estimate of drug-likeness (QED) is 0.555. The first-order valence-electron chi connectivity index (χ1n) is 4.72. The molecule has 1 aromatic carbocycles. The lowest BCUT2D eigenvalue weighted by molar-refractivity contribution is -0.384. The van der Waals surface area contributed by atoms with Crippen molar-refractivity contribution in [3.63, 3.8) is 0 Å². The van der Waals surface area contributed by atoms with Crippen molar-refractivity contribution < 1.29 is 9.66 Å². The van der Waals surface area contributed by atoms with Gasteiger partial charge < -0.3 is 4.74 Å². The molecule has 0 atom stereocenters. The third kappa shape index (κ3) is 2.01. The molecule has 0 amide bonds. The molecule has 1 aliphatic heterocycles. The fraction of sp³-hybridized carbons (Fsp3) is 0.300. The van der Waals surface area contributed by atoms with Gasteiger partial charge in [0, 0.05) is 12.1 Å². The van der Waals surface area contributed by atoms with E-state index in [2.05, 4.69) is 4.99 Å². The molecule has 0 fully saturated rings. The number of rotatable bonds is 1. The largest absolute Gasteiger partial charge is 0.491 e. The highest BCUT2D eigenvalue weighted by molar-refractivity contribution is 8.13. The Bertz CT molecular complexity index is 459. The van der Waals surface area contributed by atoms with E-state index < -0.39 is 4.92 Å². The first kappa shape index (κ1) is 10.9. The van der Waals surface area contributed by atoms with Gasteiger partial charge in [0.05, 0.1) is 17.0 Å². The van der Waals surface area contributed by atoms with Crippen LogP contribution in [-0.4, -0.2) is 29.4 Å². The summed E-state index contributed by atoms with van der Waals surface area (Å²) in [6.07, 6.45) is 1.90. The molecule has 0 radical (unpaired) electrons. The number of fused-ring (bicyclic) bond motifs is 1. The van der Waals surface area contributed by atoms with Gasteiger partial charge in [-0.2, -0.15) is 0 Å². The second kappa shape index (κ2) is 4.52. The minimum Gasteiger partial charge on any atom is -0.491 e. The highest BCUT2D eigenvalue weighted by Gasteiger charge is 2.17. The zero-order valence-electron chi connectivity index (χ0n) is 8.67. The lowest BCUT2D eigenvalue weighted by Gasteiger charge is -2.07. The predicted octanol–water partition coefficient (Wildman–Crippen LogP) is 2.10. The molecule has 1 aliphatic rings. The molecule has 0 saturated carbocycles. The molecule has 0 spiro atoms. The van der Waals surface area contributed by atoms with Crippen molar-refractivity contribution in [2.24, 2.45) is 4.99 Å². The average molecular weight is 238 g/mol. The second-order valence-electron chi connectivity index (χ2n) is 3.18. The van der Waals surface area contributed by atoms with Crippen molar-refractivity contribution in [2.75, 3.05) is 19.4 Å². The molecule has 84 valence electrons. The van der Waals surface area contributed by atoms with Gasteiger partial charge >= 0.3 is 0 Å². The zero-order valence-corrected chi connectivity index (χ0v) is 9.49. The van der Waals surface area contributed by atoms with Crippen LogP contribution < -0.4 is 4.74 Å². The molecule has 0 aliphatic carbocycles.